The number of amides is 4. The van der Waals surface area contributed by atoms with Crippen LogP contribution in [0.3, 0.4) is 0 Å². The van der Waals surface area contributed by atoms with Gasteiger partial charge in [0.25, 0.3) is 23.6 Å². The van der Waals surface area contributed by atoms with Crippen molar-refractivity contribution >= 4 is 62.6 Å². The van der Waals surface area contributed by atoms with Gasteiger partial charge in [0.2, 0.25) is 5.82 Å². The van der Waals surface area contributed by atoms with Crippen LogP contribution >= 0.6 is 15.9 Å². The molecule has 0 unspecified atom stereocenters. The van der Waals surface area contributed by atoms with Gasteiger partial charge in [-0.1, -0.05) is 6.58 Å². The minimum absolute atomic E-state index is 0.0293. The minimum Gasteiger partial charge on any atom is -0.388 e. The van der Waals surface area contributed by atoms with Crippen molar-refractivity contribution in [1.29, 1.82) is 5.41 Å². The summed E-state index contributed by atoms with van der Waals surface area (Å²) in [6, 6.07) is 3.01. The summed E-state index contributed by atoms with van der Waals surface area (Å²) in [4.78, 5) is 53.9. The Kier molecular flexibility index (Phi) is 8.52. The highest BCUT2D eigenvalue weighted by molar-refractivity contribution is 9.12. The molecule has 3 heterocycles. The molecule has 0 radical (unpaired) electrons. The number of nitrogens with zero attached hydrogens (tertiary/aromatic N) is 4. The van der Waals surface area contributed by atoms with Crippen LogP contribution in [0.1, 0.15) is 38.0 Å². The molecule has 7 N–H and O–H groups in total. The molecule has 15 heteroatoms. The number of imidazole rings is 1. The fraction of sp³-hybridized carbons (Fsp3) is 0.217. The summed E-state index contributed by atoms with van der Waals surface area (Å²) in [6.45, 7) is 3.70. The van der Waals surface area contributed by atoms with Gasteiger partial charge in [-0.2, -0.15) is 0 Å². The van der Waals surface area contributed by atoms with E-state index in [1.165, 1.54) is 27.5 Å². The van der Waals surface area contributed by atoms with Crippen LogP contribution in [-0.2, 0) is 25.9 Å². The van der Waals surface area contributed by atoms with E-state index in [-0.39, 0.29) is 46.5 Å². The standard InChI is InChI=1S/C23H27BrN10O4/c1-12(24)20(35)31-18-11-34(4)19(30-18)23(38)29-14-8-16(33(3)10-14)22(37)28-13-7-15(32(2)9-13)21(36)27-6-5-17(25)26/h7-11H,1,5-6H2,2-4H3,(H3,25,26)(H,27,36)(H,28,37)(H,29,38)(H,31,35). The number of rotatable bonds is 10. The van der Waals surface area contributed by atoms with Crippen LogP contribution in [0.15, 0.2) is 41.8 Å². The van der Waals surface area contributed by atoms with E-state index in [1.54, 1.807) is 38.1 Å². The fourth-order valence-electron chi connectivity index (χ4n) is 3.42. The van der Waals surface area contributed by atoms with Crippen LogP contribution in [0.4, 0.5) is 17.2 Å². The van der Waals surface area contributed by atoms with Gasteiger partial charge in [0, 0.05) is 52.7 Å². The zero-order valence-electron chi connectivity index (χ0n) is 20.9. The summed E-state index contributed by atoms with van der Waals surface area (Å²) in [5.74, 6) is -1.69. The van der Waals surface area contributed by atoms with Gasteiger partial charge in [-0.3, -0.25) is 24.6 Å². The molecule has 0 aliphatic heterocycles. The van der Waals surface area contributed by atoms with Crippen molar-refractivity contribution in [3.8, 4) is 0 Å². The number of halogens is 1. The Bertz CT molecular complexity index is 1450. The van der Waals surface area contributed by atoms with E-state index in [1.807, 2.05) is 0 Å². The normalized spacial score (nSPS) is 10.5. The average Bonchev–Trinajstić information content (AvgIpc) is 3.49. The summed E-state index contributed by atoms with van der Waals surface area (Å²) in [6.07, 6.45) is 4.86. The molecule has 0 spiro atoms. The number of nitrogens with one attached hydrogen (secondary N) is 5. The van der Waals surface area contributed by atoms with Crippen LogP contribution < -0.4 is 27.0 Å². The zero-order chi connectivity index (χ0) is 28.1. The third kappa shape index (κ3) is 6.76. The number of aryl methyl sites for hydroxylation is 3. The molecule has 3 aromatic rings. The second-order valence-electron chi connectivity index (χ2n) is 8.31. The van der Waals surface area contributed by atoms with Gasteiger partial charge < -0.3 is 40.7 Å². The van der Waals surface area contributed by atoms with Crippen LogP contribution in [0.25, 0.3) is 0 Å². The highest BCUT2D eigenvalue weighted by Gasteiger charge is 2.19. The largest absolute Gasteiger partial charge is 0.388 e. The number of carbonyl (C=O) groups excluding carboxylic acids is 4. The summed E-state index contributed by atoms with van der Waals surface area (Å²) >= 11 is 2.98. The first-order valence-corrected chi connectivity index (χ1v) is 11.9. The number of nitrogens with two attached hydrogens (primary N) is 1. The number of carbonyl (C=O) groups is 4. The SMILES string of the molecule is C=C(Br)C(=O)Nc1cn(C)c(C(=O)Nc2cc(C(=O)Nc3cc(C(=O)NCCC(=N)N)n(C)c3)n(C)c2)n1. The summed E-state index contributed by atoms with van der Waals surface area (Å²) in [7, 11) is 4.91. The maximum absolute atomic E-state index is 12.9. The molecule has 0 aliphatic rings. The molecule has 0 bridgehead atoms. The molecule has 14 nitrogen and oxygen atoms in total. The lowest BCUT2D eigenvalue weighted by Crippen LogP contribution is -2.28. The van der Waals surface area contributed by atoms with Crippen molar-refractivity contribution in [2.75, 3.05) is 22.5 Å². The van der Waals surface area contributed by atoms with Crippen molar-refractivity contribution in [2.24, 2.45) is 26.9 Å². The topological polar surface area (TPSA) is 194 Å². The molecular weight excluding hydrogens is 560 g/mol. The molecule has 3 rings (SSSR count). The van der Waals surface area contributed by atoms with Gasteiger partial charge in [-0.05, 0) is 28.1 Å². The van der Waals surface area contributed by atoms with Gasteiger partial charge in [0.15, 0.2) is 5.82 Å². The molecule has 0 atom stereocenters. The van der Waals surface area contributed by atoms with E-state index < -0.39 is 17.7 Å². The molecule has 0 saturated carbocycles. The lowest BCUT2D eigenvalue weighted by atomic mass is 10.3. The van der Waals surface area contributed by atoms with Crippen LogP contribution in [0, 0.1) is 5.41 Å². The molecule has 0 aliphatic carbocycles. The lowest BCUT2D eigenvalue weighted by Gasteiger charge is -2.04. The Morgan fingerprint density at radius 1 is 0.921 bits per heavy atom. The third-order valence-electron chi connectivity index (χ3n) is 5.24. The lowest BCUT2D eigenvalue weighted by molar-refractivity contribution is -0.112. The van der Waals surface area contributed by atoms with Crippen LogP contribution in [0.2, 0.25) is 0 Å². The van der Waals surface area contributed by atoms with E-state index >= 15 is 0 Å². The van der Waals surface area contributed by atoms with Gasteiger partial charge in [0.05, 0.1) is 21.7 Å². The first-order valence-electron chi connectivity index (χ1n) is 11.1. The van der Waals surface area contributed by atoms with Crippen molar-refractivity contribution in [1.82, 2.24) is 24.0 Å². The maximum Gasteiger partial charge on any atom is 0.291 e. The first kappa shape index (κ1) is 27.9. The van der Waals surface area contributed by atoms with Crippen LogP contribution in [-0.4, -0.2) is 54.7 Å². The zero-order valence-corrected chi connectivity index (χ0v) is 22.5. The predicted molar refractivity (Wildman–Crippen MR) is 146 cm³/mol. The number of hydrogen-bond donors (Lipinski definition) is 6. The average molecular weight is 587 g/mol. The Hall–Kier alpha value is -4.66. The molecule has 3 aromatic heterocycles. The Morgan fingerprint density at radius 3 is 2.03 bits per heavy atom. The highest BCUT2D eigenvalue weighted by atomic mass is 79.9. The second kappa shape index (κ2) is 11.6. The minimum atomic E-state index is -0.549. The molecular formula is C23H27BrN10O4. The van der Waals surface area contributed by atoms with E-state index in [4.69, 9.17) is 11.1 Å². The van der Waals surface area contributed by atoms with Crippen molar-refractivity contribution in [2.45, 2.75) is 6.42 Å². The molecule has 4 amide bonds. The quantitative estimate of drug-likeness (QED) is 0.118. The van der Waals surface area contributed by atoms with Crippen molar-refractivity contribution in [3.63, 3.8) is 0 Å². The highest BCUT2D eigenvalue weighted by Crippen LogP contribution is 2.19. The predicted octanol–water partition coefficient (Wildman–Crippen LogP) is 1.50. The van der Waals surface area contributed by atoms with Gasteiger partial charge in [0.1, 0.15) is 11.4 Å². The Morgan fingerprint density at radius 2 is 1.47 bits per heavy atom. The summed E-state index contributed by atoms with van der Waals surface area (Å²) in [5, 5.41) is 17.8. The molecule has 0 aromatic carbocycles. The number of aromatic nitrogens is 4. The Balaban J connectivity index is 1.66. The smallest absolute Gasteiger partial charge is 0.291 e. The van der Waals surface area contributed by atoms with Gasteiger partial charge in [-0.15, -0.1) is 0 Å². The molecule has 0 saturated heterocycles. The molecule has 200 valence electrons. The number of anilines is 3. The summed E-state index contributed by atoms with van der Waals surface area (Å²) < 4.78 is 4.66. The van der Waals surface area contributed by atoms with Gasteiger partial charge in [-0.25, -0.2) is 4.98 Å². The third-order valence-corrected chi connectivity index (χ3v) is 5.60. The maximum atomic E-state index is 12.9. The van der Waals surface area contributed by atoms with Crippen molar-refractivity contribution in [3.05, 3.63) is 59.0 Å². The fourth-order valence-corrected chi connectivity index (χ4v) is 3.52. The molecule has 0 fully saturated rings. The van der Waals surface area contributed by atoms with Crippen molar-refractivity contribution < 1.29 is 19.2 Å². The number of hydrogen-bond acceptors (Lipinski definition) is 6. The van der Waals surface area contributed by atoms with E-state index in [0.717, 1.165) is 0 Å². The van der Waals surface area contributed by atoms with E-state index in [2.05, 4.69) is 48.8 Å². The second-order valence-corrected chi connectivity index (χ2v) is 9.27. The first-order chi connectivity index (χ1) is 17.8. The van der Waals surface area contributed by atoms with E-state index in [0.29, 0.717) is 17.1 Å². The van der Waals surface area contributed by atoms with Crippen LogP contribution in [0.5, 0.6) is 0 Å². The Labute approximate surface area is 225 Å². The molecule has 38 heavy (non-hydrogen) atoms. The number of amidine groups is 1. The monoisotopic (exact) mass is 586 g/mol. The van der Waals surface area contributed by atoms with E-state index in [9.17, 15) is 19.2 Å². The van der Waals surface area contributed by atoms with Gasteiger partial charge >= 0.3 is 0 Å². The summed E-state index contributed by atoms with van der Waals surface area (Å²) in [5.41, 5.74) is 6.61.